The summed E-state index contributed by atoms with van der Waals surface area (Å²) in [6.07, 6.45) is -0.240. The maximum atomic E-state index is 14.0. The van der Waals surface area contributed by atoms with Gasteiger partial charge in [-0.15, -0.1) is 0 Å². The summed E-state index contributed by atoms with van der Waals surface area (Å²) in [6.45, 7) is 7.49. The number of ether oxygens (including phenoxy) is 2. The fourth-order valence-corrected chi connectivity index (χ4v) is 3.49. The number of benzene rings is 1. The summed E-state index contributed by atoms with van der Waals surface area (Å²) in [4.78, 5) is 28.4. The molecule has 2 saturated heterocycles. The summed E-state index contributed by atoms with van der Waals surface area (Å²) in [7, 11) is 0. The lowest BCUT2D eigenvalue weighted by molar-refractivity contribution is -0.143. The molecule has 1 aromatic rings. The highest BCUT2D eigenvalue weighted by Crippen LogP contribution is 2.27. The first-order chi connectivity index (χ1) is 12.7. The van der Waals surface area contributed by atoms with Gasteiger partial charge < -0.3 is 19.3 Å². The van der Waals surface area contributed by atoms with E-state index in [0.29, 0.717) is 44.8 Å². The third kappa shape index (κ3) is 4.77. The van der Waals surface area contributed by atoms with E-state index in [9.17, 15) is 14.0 Å². The first kappa shape index (κ1) is 19.6. The molecule has 1 aromatic carbocycles. The summed E-state index contributed by atoms with van der Waals surface area (Å²) in [6, 6.07) is 6.48. The van der Waals surface area contributed by atoms with Crippen LogP contribution in [0.25, 0.3) is 0 Å². The van der Waals surface area contributed by atoms with Crippen molar-refractivity contribution in [3.63, 3.8) is 0 Å². The van der Waals surface area contributed by atoms with E-state index in [4.69, 9.17) is 9.47 Å². The maximum Gasteiger partial charge on any atom is 0.410 e. The van der Waals surface area contributed by atoms with E-state index in [0.717, 1.165) is 0 Å². The summed E-state index contributed by atoms with van der Waals surface area (Å²) in [5, 5.41) is 0. The van der Waals surface area contributed by atoms with Crippen molar-refractivity contribution >= 4 is 12.0 Å². The number of nitrogens with zero attached hydrogens (tertiary/aromatic N) is 2. The van der Waals surface area contributed by atoms with Gasteiger partial charge in [0.25, 0.3) is 0 Å². The van der Waals surface area contributed by atoms with E-state index in [1.165, 1.54) is 6.07 Å². The van der Waals surface area contributed by atoms with Crippen LogP contribution in [-0.4, -0.2) is 60.2 Å². The number of amides is 2. The Bertz CT molecular complexity index is 703. The molecule has 0 radical (unpaired) electrons. The van der Waals surface area contributed by atoms with Gasteiger partial charge in [0.05, 0.1) is 19.1 Å². The van der Waals surface area contributed by atoms with Gasteiger partial charge in [-0.2, -0.15) is 0 Å². The average Bonchev–Trinajstić information content (AvgIpc) is 3.10. The molecule has 0 aliphatic carbocycles. The van der Waals surface area contributed by atoms with Crippen LogP contribution in [-0.2, 0) is 14.3 Å². The molecule has 0 bridgehead atoms. The Labute approximate surface area is 159 Å². The van der Waals surface area contributed by atoms with E-state index in [-0.39, 0.29) is 23.7 Å². The number of hydrogen-bond acceptors (Lipinski definition) is 4. The Morgan fingerprint density at radius 1 is 1.15 bits per heavy atom. The lowest BCUT2D eigenvalue weighted by atomic mass is 10.0. The third-order valence-electron chi connectivity index (χ3n) is 4.82. The minimum atomic E-state index is -0.559. The van der Waals surface area contributed by atoms with E-state index in [1.807, 2.05) is 20.8 Å². The number of halogens is 1. The first-order valence-corrected chi connectivity index (χ1v) is 9.37. The molecule has 2 aliphatic rings. The molecule has 3 rings (SSSR count). The average molecular weight is 378 g/mol. The van der Waals surface area contributed by atoms with Crippen LogP contribution in [0.2, 0.25) is 0 Å². The van der Waals surface area contributed by atoms with Crippen LogP contribution in [0.1, 0.15) is 38.9 Å². The van der Waals surface area contributed by atoms with Crippen LogP contribution in [0.4, 0.5) is 9.18 Å². The first-order valence-electron chi connectivity index (χ1n) is 9.37. The molecule has 27 heavy (non-hydrogen) atoms. The number of likely N-dealkylation sites (tertiary alicyclic amines) is 1. The quantitative estimate of drug-likeness (QED) is 0.794. The van der Waals surface area contributed by atoms with Crippen molar-refractivity contribution in [2.75, 3.05) is 32.8 Å². The zero-order chi connectivity index (χ0) is 19.6. The molecule has 148 valence electrons. The molecule has 0 saturated carbocycles. The molecule has 7 heteroatoms. The van der Waals surface area contributed by atoms with Gasteiger partial charge in [-0.1, -0.05) is 18.2 Å². The van der Waals surface area contributed by atoms with E-state index in [2.05, 4.69) is 0 Å². The fourth-order valence-electron chi connectivity index (χ4n) is 3.49. The van der Waals surface area contributed by atoms with Crippen molar-refractivity contribution in [2.45, 2.75) is 38.9 Å². The summed E-state index contributed by atoms with van der Waals surface area (Å²) < 4.78 is 25.1. The second-order valence-corrected chi connectivity index (χ2v) is 8.08. The molecule has 6 nitrogen and oxygen atoms in total. The molecule has 2 atom stereocenters. The highest BCUT2D eigenvalue weighted by Gasteiger charge is 2.37. The SMILES string of the molecule is CC(C)(C)OC(=O)N1CCC(C(=O)N2CCOC(c3ccccc3F)C2)C1. The molecule has 0 N–H and O–H groups in total. The van der Waals surface area contributed by atoms with E-state index < -0.39 is 11.7 Å². The van der Waals surface area contributed by atoms with Gasteiger partial charge in [0.1, 0.15) is 17.5 Å². The van der Waals surface area contributed by atoms with Crippen molar-refractivity contribution in [3.05, 3.63) is 35.6 Å². The van der Waals surface area contributed by atoms with Gasteiger partial charge in [-0.25, -0.2) is 9.18 Å². The van der Waals surface area contributed by atoms with Crippen LogP contribution < -0.4 is 0 Å². The second-order valence-electron chi connectivity index (χ2n) is 8.08. The standard InChI is InChI=1S/C20H27FN2O4/c1-20(2,3)27-19(25)23-9-8-14(12-23)18(24)22-10-11-26-17(13-22)15-6-4-5-7-16(15)21/h4-7,14,17H,8-13H2,1-3H3. The second kappa shape index (κ2) is 7.84. The lowest BCUT2D eigenvalue weighted by Crippen LogP contribution is -2.46. The Kier molecular flexibility index (Phi) is 5.69. The topological polar surface area (TPSA) is 59.1 Å². The predicted octanol–water partition coefficient (Wildman–Crippen LogP) is 2.98. The normalized spacial score (nSPS) is 23.4. The monoisotopic (exact) mass is 378 g/mol. The highest BCUT2D eigenvalue weighted by molar-refractivity contribution is 5.81. The van der Waals surface area contributed by atoms with Crippen LogP contribution in [0.3, 0.4) is 0 Å². The third-order valence-corrected chi connectivity index (χ3v) is 4.82. The molecule has 2 amide bonds. The van der Waals surface area contributed by atoms with Crippen LogP contribution in [0.15, 0.2) is 24.3 Å². The van der Waals surface area contributed by atoms with Gasteiger partial charge in [0.15, 0.2) is 0 Å². The van der Waals surface area contributed by atoms with Crippen molar-refractivity contribution in [2.24, 2.45) is 5.92 Å². The molecule has 0 aromatic heterocycles. The molecular formula is C20H27FN2O4. The van der Waals surface area contributed by atoms with Gasteiger partial charge in [0, 0.05) is 25.2 Å². The summed E-state index contributed by atoms with van der Waals surface area (Å²) >= 11 is 0. The van der Waals surface area contributed by atoms with Gasteiger partial charge in [-0.05, 0) is 33.3 Å². The minimum Gasteiger partial charge on any atom is -0.444 e. The zero-order valence-corrected chi connectivity index (χ0v) is 16.1. The number of carbonyl (C=O) groups excluding carboxylic acids is 2. The Hall–Kier alpha value is -2.15. The Balaban J connectivity index is 1.59. The number of rotatable bonds is 2. The smallest absolute Gasteiger partial charge is 0.410 e. The fraction of sp³-hybridized carbons (Fsp3) is 0.600. The molecule has 2 heterocycles. The maximum absolute atomic E-state index is 14.0. The van der Waals surface area contributed by atoms with Gasteiger partial charge in [-0.3, -0.25) is 4.79 Å². The van der Waals surface area contributed by atoms with Crippen LogP contribution in [0.5, 0.6) is 0 Å². The summed E-state index contributed by atoms with van der Waals surface area (Å²) in [5.74, 6) is -0.587. The number of morpholine rings is 1. The Morgan fingerprint density at radius 3 is 2.59 bits per heavy atom. The largest absolute Gasteiger partial charge is 0.444 e. The minimum absolute atomic E-state index is 0.00861. The zero-order valence-electron chi connectivity index (χ0n) is 16.1. The highest BCUT2D eigenvalue weighted by atomic mass is 19.1. The van der Waals surface area contributed by atoms with Gasteiger partial charge >= 0.3 is 6.09 Å². The molecule has 2 unspecified atom stereocenters. The van der Waals surface area contributed by atoms with Gasteiger partial charge in [0.2, 0.25) is 5.91 Å². The lowest BCUT2D eigenvalue weighted by Gasteiger charge is -2.34. The van der Waals surface area contributed by atoms with E-state index in [1.54, 1.807) is 28.0 Å². The number of hydrogen-bond donors (Lipinski definition) is 0. The molecule has 2 aliphatic heterocycles. The molecular weight excluding hydrogens is 351 g/mol. The van der Waals surface area contributed by atoms with E-state index >= 15 is 0 Å². The van der Waals surface area contributed by atoms with Crippen LogP contribution in [0, 0.1) is 11.7 Å². The van der Waals surface area contributed by atoms with Crippen LogP contribution >= 0.6 is 0 Å². The van der Waals surface area contributed by atoms with Crippen molar-refractivity contribution in [1.82, 2.24) is 9.80 Å². The Morgan fingerprint density at radius 2 is 1.89 bits per heavy atom. The van der Waals surface area contributed by atoms with Crippen molar-refractivity contribution in [1.29, 1.82) is 0 Å². The van der Waals surface area contributed by atoms with Crippen molar-refractivity contribution < 1.29 is 23.5 Å². The molecule has 2 fully saturated rings. The predicted molar refractivity (Wildman–Crippen MR) is 97.6 cm³/mol. The van der Waals surface area contributed by atoms with Crippen molar-refractivity contribution in [3.8, 4) is 0 Å². The molecule has 0 spiro atoms. The summed E-state index contributed by atoms with van der Waals surface area (Å²) in [5.41, 5.74) is -0.0899. The number of carbonyl (C=O) groups is 2.